The molecule has 12 heavy (non-hydrogen) atoms. The zero-order chi connectivity index (χ0) is 9.41. The highest BCUT2D eigenvalue weighted by Crippen LogP contribution is 2.17. The van der Waals surface area contributed by atoms with E-state index in [1.54, 1.807) is 0 Å². The minimum atomic E-state index is 0.314. The summed E-state index contributed by atoms with van der Waals surface area (Å²) in [5.41, 5.74) is 0. The first-order chi connectivity index (χ1) is 5.37. The molecule has 1 rings (SSSR count). The highest BCUT2D eigenvalue weighted by Gasteiger charge is 2.40. The van der Waals surface area contributed by atoms with Crippen LogP contribution in [0.3, 0.4) is 0 Å². The normalized spacial score (nSPS) is 33.2. The molecule has 0 aromatic carbocycles. The largest absolute Gasteiger partial charge is 0.390 e. The Bertz CT molecular complexity index is 166. The molecular formula is C9H22N2O+2. The molecule has 0 saturated carbocycles. The fourth-order valence-corrected chi connectivity index (χ4v) is 1.87. The van der Waals surface area contributed by atoms with Crippen LogP contribution in [0.1, 0.15) is 0 Å². The summed E-state index contributed by atoms with van der Waals surface area (Å²) in [5, 5.41) is 9.23. The van der Waals surface area contributed by atoms with Crippen molar-refractivity contribution in [2.75, 3.05) is 54.4 Å². The number of aliphatic hydroxyl groups is 1. The lowest BCUT2D eigenvalue weighted by molar-refractivity contribution is -1.02. The van der Waals surface area contributed by atoms with E-state index < -0.39 is 0 Å². The molecule has 0 aromatic heterocycles. The predicted molar refractivity (Wildman–Crippen MR) is 49.7 cm³/mol. The van der Waals surface area contributed by atoms with Crippen molar-refractivity contribution in [3.05, 3.63) is 0 Å². The van der Waals surface area contributed by atoms with E-state index in [9.17, 15) is 5.11 Å². The van der Waals surface area contributed by atoms with Gasteiger partial charge in [0, 0.05) is 0 Å². The van der Waals surface area contributed by atoms with Crippen LogP contribution in [0, 0.1) is 0 Å². The molecule has 1 aliphatic rings. The average Bonchev–Trinajstić information content (AvgIpc) is 1.95. The van der Waals surface area contributed by atoms with Gasteiger partial charge in [-0.15, -0.1) is 0 Å². The van der Waals surface area contributed by atoms with Crippen LogP contribution in [0.5, 0.6) is 0 Å². The fourth-order valence-electron chi connectivity index (χ4n) is 1.87. The molecule has 0 bridgehead atoms. The minimum Gasteiger partial charge on any atom is -0.390 e. The van der Waals surface area contributed by atoms with Crippen molar-refractivity contribution in [1.29, 1.82) is 0 Å². The maximum Gasteiger partial charge on any atom is 0.162 e. The number of hydrogen-bond acceptors (Lipinski definition) is 1. The molecule has 0 amide bonds. The van der Waals surface area contributed by atoms with E-state index in [0.717, 1.165) is 22.1 Å². The quantitative estimate of drug-likeness (QED) is 0.532. The minimum absolute atomic E-state index is 0.314. The number of rotatable bonds is 1. The van der Waals surface area contributed by atoms with Gasteiger partial charge in [-0.1, -0.05) is 0 Å². The van der Waals surface area contributed by atoms with Gasteiger partial charge in [0.05, 0.1) is 28.2 Å². The molecule has 1 N–H and O–H groups in total. The molecule has 0 spiro atoms. The van der Waals surface area contributed by atoms with Gasteiger partial charge >= 0.3 is 0 Å². The van der Waals surface area contributed by atoms with Crippen LogP contribution >= 0.6 is 0 Å². The number of piperazine rings is 1. The smallest absolute Gasteiger partial charge is 0.162 e. The van der Waals surface area contributed by atoms with Gasteiger partial charge < -0.3 is 14.1 Å². The molecule has 1 atom stereocenters. The van der Waals surface area contributed by atoms with Crippen molar-refractivity contribution < 1.29 is 14.1 Å². The number of quaternary nitrogens is 2. The van der Waals surface area contributed by atoms with Gasteiger partial charge in [0.2, 0.25) is 0 Å². The Morgan fingerprint density at radius 3 is 2.17 bits per heavy atom. The molecule has 0 aliphatic carbocycles. The molecule has 1 saturated heterocycles. The predicted octanol–water partition coefficient (Wildman–Crippen LogP) is -0.486. The third-order valence-electron chi connectivity index (χ3n) is 3.19. The molecule has 1 unspecified atom stereocenters. The first-order valence-corrected chi connectivity index (χ1v) is 4.63. The highest BCUT2D eigenvalue weighted by atomic mass is 16.3. The number of nitrogens with zero attached hydrogens (tertiary/aromatic N) is 2. The molecule has 1 heterocycles. The van der Waals surface area contributed by atoms with Crippen LogP contribution < -0.4 is 0 Å². The zero-order valence-corrected chi connectivity index (χ0v) is 8.75. The van der Waals surface area contributed by atoms with Crippen molar-refractivity contribution in [1.82, 2.24) is 0 Å². The van der Waals surface area contributed by atoms with E-state index >= 15 is 0 Å². The maximum atomic E-state index is 9.23. The van der Waals surface area contributed by atoms with Gasteiger partial charge in [-0.05, 0) is 0 Å². The maximum absolute atomic E-state index is 9.23. The van der Waals surface area contributed by atoms with Crippen LogP contribution in [0.15, 0.2) is 0 Å². The second-order valence-electron chi connectivity index (χ2n) is 5.18. The number of aliphatic hydroxyl groups excluding tert-OH is 1. The Labute approximate surface area is 75.4 Å². The van der Waals surface area contributed by atoms with Crippen LogP contribution in [0.4, 0.5) is 0 Å². The van der Waals surface area contributed by atoms with E-state index in [2.05, 4.69) is 28.2 Å². The topological polar surface area (TPSA) is 20.2 Å². The lowest BCUT2D eigenvalue weighted by Crippen LogP contribution is -2.67. The molecular weight excluding hydrogens is 152 g/mol. The Balaban J connectivity index is 2.67. The molecule has 0 radical (unpaired) electrons. The van der Waals surface area contributed by atoms with Gasteiger partial charge in [-0.2, -0.15) is 0 Å². The summed E-state index contributed by atoms with van der Waals surface area (Å²) in [6.07, 6.45) is 0. The molecule has 0 aromatic rings. The Hall–Kier alpha value is -0.120. The van der Waals surface area contributed by atoms with Crippen molar-refractivity contribution in [3.63, 3.8) is 0 Å². The second-order valence-corrected chi connectivity index (χ2v) is 5.18. The molecule has 1 fully saturated rings. The van der Waals surface area contributed by atoms with Crippen molar-refractivity contribution in [2.24, 2.45) is 0 Å². The van der Waals surface area contributed by atoms with Crippen LogP contribution in [0.25, 0.3) is 0 Å². The third kappa shape index (κ3) is 1.97. The first-order valence-electron chi connectivity index (χ1n) is 4.63. The molecule has 3 nitrogen and oxygen atoms in total. The highest BCUT2D eigenvalue weighted by molar-refractivity contribution is 4.60. The zero-order valence-electron chi connectivity index (χ0n) is 8.75. The monoisotopic (exact) mass is 174 g/mol. The van der Waals surface area contributed by atoms with E-state index in [4.69, 9.17) is 0 Å². The first kappa shape index (κ1) is 9.96. The summed E-state index contributed by atoms with van der Waals surface area (Å²) in [5.74, 6) is 0. The molecule has 3 heteroatoms. The molecule has 1 aliphatic heterocycles. The van der Waals surface area contributed by atoms with Crippen LogP contribution in [-0.2, 0) is 0 Å². The van der Waals surface area contributed by atoms with E-state index in [1.807, 2.05) is 0 Å². The van der Waals surface area contributed by atoms with Crippen LogP contribution in [-0.4, -0.2) is 74.5 Å². The number of hydrogen-bond donors (Lipinski definition) is 1. The molecule has 72 valence electrons. The van der Waals surface area contributed by atoms with Gasteiger partial charge in [0.15, 0.2) is 6.04 Å². The van der Waals surface area contributed by atoms with E-state index in [1.165, 1.54) is 6.54 Å². The summed E-state index contributed by atoms with van der Waals surface area (Å²) >= 11 is 0. The average molecular weight is 174 g/mol. The number of likely N-dealkylation sites (N-methyl/N-ethyl adjacent to an activating group) is 2. The summed E-state index contributed by atoms with van der Waals surface area (Å²) in [6.45, 7) is 3.78. The van der Waals surface area contributed by atoms with E-state index in [-0.39, 0.29) is 0 Å². The summed E-state index contributed by atoms with van der Waals surface area (Å²) in [6, 6.07) is 0.411. The lowest BCUT2D eigenvalue weighted by atomic mass is 10.1. The third-order valence-corrected chi connectivity index (χ3v) is 3.19. The van der Waals surface area contributed by atoms with Gasteiger partial charge in [0.1, 0.15) is 26.2 Å². The van der Waals surface area contributed by atoms with Crippen molar-refractivity contribution in [2.45, 2.75) is 6.04 Å². The second kappa shape index (κ2) is 2.98. The summed E-state index contributed by atoms with van der Waals surface area (Å²) in [7, 11) is 8.89. The van der Waals surface area contributed by atoms with Crippen LogP contribution in [0.2, 0.25) is 0 Å². The Morgan fingerprint density at radius 2 is 1.75 bits per heavy atom. The fraction of sp³-hybridized carbons (Fsp3) is 1.00. The van der Waals surface area contributed by atoms with Crippen molar-refractivity contribution in [3.8, 4) is 0 Å². The Kier molecular flexibility index (Phi) is 2.47. The Morgan fingerprint density at radius 1 is 1.17 bits per heavy atom. The lowest BCUT2D eigenvalue weighted by Gasteiger charge is -2.47. The van der Waals surface area contributed by atoms with Crippen molar-refractivity contribution >= 4 is 0 Å². The standard InChI is InChI=1S/C9H22N2O/c1-10(2)5-6-11(3,4)9(7-10)8-12/h9,12H,5-8H2,1-4H3/q+2. The summed E-state index contributed by atoms with van der Waals surface area (Å²) in [4.78, 5) is 0. The van der Waals surface area contributed by atoms with E-state index in [0.29, 0.717) is 12.6 Å². The van der Waals surface area contributed by atoms with Gasteiger partial charge in [-0.3, -0.25) is 0 Å². The van der Waals surface area contributed by atoms with Gasteiger partial charge in [-0.25, -0.2) is 0 Å². The van der Waals surface area contributed by atoms with Gasteiger partial charge in [0.25, 0.3) is 0 Å². The SMILES string of the molecule is C[N+]1(C)CC[N+](C)(C)C(CO)C1. The summed E-state index contributed by atoms with van der Waals surface area (Å²) < 4.78 is 2.02.